The smallest absolute Gasteiger partial charge is 0.472 e. The molecule has 4 N–H and O–H groups in total. The number of phosphoric ester groups is 1. The number of carbonyl (C=O) groups is 3. The quantitative estimate of drug-likeness (QED) is 0.0217. The molecule has 0 aliphatic carbocycles. The van der Waals surface area contributed by atoms with Crippen LogP contribution in [0, 0.1) is 0 Å². The van der Waals surface area contributed by atoms with Gasteiger partial charge in [0, 0.05) is 12.8 Å². The number of allylic oxidation sites excluding steroid dienone is 2. The number of amides is 1. The Bertz CT molecular complexity index is 885. The molecule has 12 heteroatoms. The lowest BCUT2D eigenvalue weighted by Gasteiger charge is -2.18. The number of esters is 1. The van der Waals surface area contributed by atoms with Crippen molar-refractivity contribution in [2.45, 2.75) is 180 Å². The standard InChI is InChI=1S/C36H68NO10P/c1-3-5-7-8-9-10-11-12-13-14-15-16-17-18-19-20-21-22-23-24-26-28-35(40)45-29-32(38)30-46-48(43,44)47-31-33(36(41)42)37-34(39)27-25-6-4-2/h12-13,32-33,38H,3-11,14-31H2,1-2H3,(H,37,39)(H,41,42)(H,43,44)/b13-12+. The predicted octanol–water partition coefficient (Wildman–Crippen LogP) is 8.55. The molecule has 0 aromatic heterocycles. The Kier molecular flexibility index (Phi) is 31.2. The molecule has 0 saturated heterocycles. The summed E-state index contributed by atoms with van der Waals surface area (Å²) in [5.74, 6) is -2.40. The Morgan fingerprint density at radius 3 is 1.60 bits per heavy atom. The Balaban J connectivity index is 3.72. The third-order valence-electron chi connectivity index (χ3n) is 8.05. The Morgan fingerprint density at radius 2 is 1.08 bits per heavy atom. The maximum atomic E-state index is 12.1. The van der Waals surface area contributed by atoms with Gasteiger partial charge in [-0.25, -0.2) is 9.36 Å². The number of aliphatic hydroxyl groups excluding tert-OH is 1. The van der Waals surface area contributed by atoms with E-state index in [2.05, 4.69) is 33.4 Å². The lowest BCUT2D eigenvalue weighted by molar-refractivity contribution is -0.147. The SMILES string of the molecule is CCCCCCCC/C=C/CCCCCCCCCCCCCC(=O)OCC(O)COP(=O)(O)OCC(NC(=O)CCCCC)C(=O)O. The van der Waals surface area contributed by atoms with E-state index in [9.17, 15) is 34.1 Å². The van der Waals surface area contributed by atoms with Gasteiger partial charge in [0.25, 0.3) is 0 Å². The maximum Gasteiger partial charge on any atom is 0.472 e. The van der Waals surface area contributed by atoms with Crippen LogP contribution in [0.25, 0.3) is 0 Å². The van der Waals surface area contributed by atoms with E-state index < -0.39 is 57.6 Å². The molecule has 282 valence electrons. The highest BCUT2D eigenvalue weighted by molar-refractivity contribution is 7.47. The second-order valence-electron chi connectivity index (χ2n) is 12.8. The van der Waals surface area contributed by atoms with Crippen LogP contribution in [0.5, 0.6) is 0 Å². The normalized spacial score (nSPS) is 14.1. The van der Waals surface area contributed by atoms with Crippen molar-refractivity contribution < 1.29 is 47.8 Å². The van der Waals surface area contributed by atoms with Crippen molar-refractivity contribution in [3.8, 4) is 0 Å². The molecule has 0 aromatic rings. The van der Waals surface area contributed by atoms with Crippen LogP contribution in [0.1, 0.15) is 168 Å². The van der Waals surface area contributed by atoms with Crippen molar-refractivity contribution in [1.29, 1.82) is 0 Å². The van der Waals surface area contributed by atoms with Crippen molar-refractivity contribution in [2.75, 3.05) is 19.8 Å². The molecule has 0 bridgehead atoms. The minimum atomic E-state index is -4.73. The van der Waals surface area contributed by atoms with Crippen LogP contribution in [0.15, 0.2) is 12.2 Å². The Labute approximate surface area is 290 Å². The number of aliphatic hydroxyl groups is 1. The minimum absolute atomic E-state index is 0.133. The van der Waals surface area contributed by atoms with E-state index >= 15 is 0 Å². The van der Waals surface area contributed by atoms with Crippen molar-refractivity contribution in [3.05, 3.63) is 12.2 Å². The fraction of sp³-hybridized carbons (Fsp3) is 0.861. The number of carboxylic acid groups (broad SMARTS) is 1. The molecule has 0 rings (SSSR count). The van der Waals surface area contributed by atoms with Gasteiger partial charge < -0.3 is 25.2 Å². The first-order valence-electron chi connectivity index (χ1n) is 18.7. The number of rotatable bonds is 35. The van der Waals surface area contributed by atoms with Gasteiger partial charge in [0.1, 0.15) is 12.7 Å². The van der Waals surface area contributed by atoms with Crippen molar-refractivity contribution in [3.63, 3.8) is 0 Å². The van der Waals surface area contributed by atoms with E-state index in [0.717, 1.165) is 32.1 Å². The summed E-state index contributed by atoms with van der Waals surface area (Å²) in [4.78, 5) is 45.0. The van der Waals surface area contributed by atoms with Gasteiger partial charge in [-0.1, -0.05) is 129 Å². The number of carbonyl (C=O) groups excluding carboxylic acids is 2. The molecule has 0 aliphatic heterocycles. The second kappa shape index (κ2) is 32.4. The summed E-state index contributed by atoms with van der Waals surface area (Å²) in [7, 11) is -4.73. The van der Waals surface area contributed by atoms with Crippen molar-refractivity contribution >= 4 is 25.7 Å². The summed E-state index contributed by atoms with van der Waals surface area (Å²) < 4.78 is 26.5. The van der Waals surface area contributed by atoms with Crippen LogP contribution in [0.4, 0.5) is 0 Å². The number of nitrogens with one attached hydrogen (secondary N) is 1. The highest BCUT2D eigenvalue weighted by atomic mass is 31.2. The van der Waals surface area contributed by atoms with E-state index in [1.54, 1.807) is 0 Å². The van der Waals surface area contributed by atoms with Crippen molar-refractivity contribution in [2.24, 2.45) is 0 Å². The number of hydrogen-bond acceptors (Lipinski definition) is 8. The maximum absolute atomic E-state index is 12.1. The first-order chi connectivity index (χ1) is 23.1. The average Bonchev–Trinajstić information content (AvgIpc) is 3.05. The molecule has 0 spiro atoms. The number of unbranched alkanes of at least 4 members (excludes halogenated alkanes) is 19. The molecule has 0 heterocycles. The summed E-state index contributed by atoms with van der Waals surface area (Å²) in [5.41, 5.74) is 0. The molecule has 0 aromatic carbocycles. The fourth-order valence-corrected chi connectivity index (χ4v) is 5.85. The van der Waals surface area contributed by atoms with Gasteiger partial charge in [0.2, 0.25) is 5.91 Å². The molecule has 0 saturated carbocycles. The minimum Gasteiger partial charge on any atom is -0.480 e. The molecule has 0 aliphatic rings. The predicted molar refractivity (Wildman–Crippen MR) is 190 cm³/mol. The Hall–Kier alpha value is -1.78. The lowest BCUT2D eigenvalue weighted by atomic mass is 10.0. The van der Waals surface area contributed by atoms with Gasteiger partial charge in [-0.3, -0.25) is 18.6 Å². The number of phosphoric acid groups is 1. The van der Waals surface area contributed by atoms with Gasteiger partial charge in [-0.15, -0.1) is 0 Å². The van der Waals surface area contributed by atoms with E-state index in [1.807, 2.05) is 6.92 Å². The summed E-state index contributed by atoms with van der Waals surface area (Å²) in [6.45, 7) is 2.34. The summed E-state index contributed by atoms with van der Waals surface area (Å²) in [6, 6.07) is -1.54. The molecular formula is C36H68NO10P. The zero-order valence-corrected chi connectivity index (χ0v) is 30.9. The zero-order valence-electron chi connectivity index (χ0n) is 30.0. The van der Waals surface area contributed by atoms with Gasteiger partial charge in [-0.05, 0) is 38.5 Å². The molecular weight excluding hydrogens is 637 g/mol. The van der Waals surface area contributed by atoms with Gasteiger partial charge in [0.15, 0.2) is 6.04 Å². The summed E-state index contributed by atoms with van der Waals surface area (Å²) >= 11 is 0. The van der Waals surface area contributed by atoms with Crippen LogP contribution in [-0.4, -0.2) is 64.9 Å². The third-order valence-corrected chi connectivity index (χ3v) is 9.01. The fourth-order valence-electron chi connectivity index (χ4n) is 5.07. The largest absolute Gasteiger partial charge is 0.480 e. The van der Waals surface area contributed by atoms with Crippen LogP contribution >= 0.6 is 7.82 Å². The van der Waals surface area contributed by atoms with E-state index in [0.29, 0.717) is 12.8 Å². The van der Waals surface area contributed by atoms with E-state index in [1.165, 1.54) is 96.3 Å². The summed E-state index contributed by atoms with van der Waals surface area (Å²) in [5, 5.41) is 21.4. The summed E-state index contributed by atoms with van der Waals surface area (Å²) in [6.07, 6.45) is 29.4. The average molecular weight is 706 g/mol. The van der Waals surface area contributed by atoms with Crippen LogP contribution < -0.4 is 5.32 Å². The number of hydrogen-bond donors (Lipinski definition) is 4. The highest BCUT2D eigenvalue weighted by Gasteiger charge is 2.28. The third kappa shape index (κ3) is 31.5. The number of aliphatic carboxylic acids is 1. The van der Waals surface area contributed by atoms with Gasteiger partial charge >= 0.3 is 19.8 Å². The molecule has 11 nitrogen and oxygen atoms in total. The molecule has 0 radical (unpaired) electrons. The monoisotopic (exact) mass is 705 g/mol. The number of ether oxygens (including phenoxy) is 1. The first kappa shape index (κ1) is 46.2. The topological polar surface area (TPSA) is 169 Å². The van der Waals surface area contributed by atoms with Gasteiger partial charge in [0.05, 0.1) is 13.2 Å². The molecule has 48 heavy (non-hydrogen) atoms. The Morgan fingerprint density at radius 1 is 0.646 bits per heavy atom. The van der Waals surface area contributed by atoms with Crippen LogP contribution in [0.2, 0.25) is 0 Å². The zero-order chi connectivity index (χ0) is 35.7. The molecule has 3 unspecified atom stereocenters. The number of carboxylic acids is 1. The molecule has 3 atom stereocenters. The second-order valence-corrected chi connectivity index (χ2v) is 14.2. The van der Waals surface area contributed by atoms with E-state index in [4.69, 9.17) is 4.74 Å². The molecule has 1 amide bonds. The van der Waals surface area contributed by atoms with E-state index in [-0.39, 0.29) is 12.8 Å². The molecule has 0 fully saturated rings. The van der Waals surface area contributed by atoms with Crippen LogP contribution in [-0.2, 0) is 32.7 Å². The first-order valence-corrected chi connectivity index (χ1v) is 20.2. The van der Waals surface area contributed by atoms with Gasteiger partial charge in [-0.2, -0.15) is 0 Å². The van der Waals surface area contributed by atoms with Crippen molar-refractivity contribution in [1.82, 2.24) is 5.32 Å². The lowest BCUT2D eigenvalue weighted by Crippen LogP contribution is -2.43. The van der Waals surface area contributed by atoms with Crippen LogP contribution in [0.3, 0.4) is 0 Å². The highest BCUT2D eigenvalue weighted by Crippen LogP contribution is 2.43.